The van der Waals surface area contributed by atoms with Crippen molar-refractivity contribution in [1.82, 2.24) is 18.7 Å². The number of benzene rings is 6. The highest BCUT2D eigenvalue weighted by Crippen LogP contribution is 2.47. The largest absolute Gasteiger partial charge is 0.503 e. The van der Waals surface area contributed by atoms with Crippen molar-refractivity contribution in [2.24, 2.45) is 0 Å². The summed E-state index contributed by atoms with van der Waals surface area (Å²) in [5, 5.41) is 2.34. The third-order valence-corrected chi connectivity index (χ3v) is 12.6. The van der Waals surface area contributed by atoms with Crippen LogP contribution in [0.5, 0.6) is 11.5 Å². The molecule has 0 aliphatic carbocycles. The number of hydrogen-bond acceptors (Lipinski definition) is 2. The normalized spacial score (nSPS) is 13.3. The molecule has 0 saturated carbocycles. The van der Waals surface area contributed by atoms with Gasteiger partial charge in [-0.15, -0.1) is 0 Å². The van der Waals surface area contributed by atoms with Gasteiger partial charge in [0.05, 0.1) is 17.1 Å². The van der Waals surface area contributed by atoms with Crippen LogP contribution in [0.4, 0.5) is 22.7 Å². The van der Waals surface area contributed by atoms with Crippen molar-refractivity contribution in [2.75, 3.05) is 0 Å². The number of rotatable bonds is 7. The second-order valence-corrected chi connectivity index (χ2v) is 20.5. The van der Waals surface area contributed by atoms with Crippen LogP contribution in [0.2, 0.25) is 0 Å². The van der Waals surface area contributed by atoms with Crippen LogP contribution in [0.1, 0.15) is 104 Å². The highest BCUT2D eigenvalue weighted by atomic mass is 16.5. The molecular formula is C57H58N4O+2. The third-order valence-electron chi connectivity index (χ3n) is 12.6. The van der Waals surface area contributed by atoms with E-state index in [-0.39, 0.29) is 21.7 Å². The number of nitrogens with zero attached hydrogens (tertiary/aromatic N) is 4. The maximum absolute atomic E-state index is 6.79. The number of pyridine rings is 1. The molecule has 5 nitrogen and oxygen atoms in total. The Bertz CT molecular complexity index is 3070. The standard InChI is InChI=1S/C57H58N4O/c1-54(2,3)39-29-30-58-52(34-39)61-49-25-16-15-23-46(49)47-28-27-45(36-51(47)61)62-44-22-17-21-42(35-44)59-37-60(43-32-40(55(4,5)6)31-41(33-43)56(7,8)9)53-48(24-18-26-50(53)59)57(10,11)38-19-13-12-14-20-38/h12-36H,1-11H3/q+2. The molecule has 1 aliphatic heterocycles. The molecule has 0 saturated heterocycles. The van der Waals surface area contributed by atoms with E-state index >= 15 is 0 Å². The lowest BCUT2D eigenvalue weighted by molar-refractivity contribution is 0.483. The van der Waals surface area contributed by atoms with Gasteiger partial charge < -0.3 is 4.74 Å². The Kier molecular flexibility index (Phi) is 9.76. The number of ether oxygens (including phenoxy) is 1. The summed E-state index contributed by atoms with van der Waals surface area (Å²) >= 11 is 0. The van der Waals surface area contributed by atoms with E-state index in [0.29, 0.717) is 0 Å². The highest BCUT2D eigenvalue weighted by molar-refractivity contribution is 6.09. The quantitative estimate of drug-likeness (QED) is 0.150. The molecule has 0 bridgehead atoms. The molecule has 310 valence electrons. The van der Waals surface area contributed by atoms with Gasteiger partial charge in [0.1, 0.15) is 17.3 Å². The number of para-hydroxylation sites is 2. The lowest BCUT2D eigenvalue weighted by Crippen LogP contribution is -2.22. The molecule has 1 aliphatic rings. The van der Waals surface area contributed by atoms with Gasteiger partial charge in [0.15, 0.2) is 0 Å². The number of fused-ring (bicyclic) bond motifs is 4. The Hall–Kier alpha value is -6.55. The predicted molar refractivity (Wildman–Crippen MR) is 261 cm³/mol. The van der Waals surface area contributed by atoms with E-state index in [0.717, 1.165) is 56.5 Å². The van der Waals surface area contributed by atoms with E-state index in [1.54, 1.807) is 0 Å². The lowest BCUT2D eigenvalue weighted by Gasteiger charge is -2.26. The average molecular weight is 815 g/mol. The van der Waals surface area contributed by atoms with Crippen LogP contribution in [-0.4, -0.2) is 15.6 Å². The van der Waals surface area contributed by atoms with Crippen LogP contribution in [-0.2, 0) is 21.7 Å². The summed E-state index contributed by atoms with van der Waals surface area (Å²) in [5.74, 6) is 2.39. The van der Waals surface area contributed by atoms with Gasteiger partial charge in [-0.05, 0) is 84.0 Å². The molecule has 0 N–H and O–H groups in total. The molecule has 2 aromatic heterocycles. The van der Waals surface area contributed by atoms with Crippen LogP contribution in [0.3, 0.4) is 0 Å². The first kappa shape index (κ1) is 40.8. The average Bonchev–Trinajstić information content (AvgIpc) is 3.79. The van der Waals surface area contributed by atoms with Gasteiger partial charge in [-0.25, -0.2) is 4.98 Å². The molecule has 0 spiro atoms. The van der Waals surface area contributed by atoms with Gasteiger partial charge in [-0.3, -0.25) is 4.57 Å². The minimum absolute atomic E-state index is 0.0109. The molecule has 5 heteroatoms. The van der Waals surface area contributed by atoms with Crippen molar-refractivity contribution in [3.8, 4) is 17.3 Å². The van der Waals surface area contributed by atoms with E-state index in [9.17, 15) is 0 Å². The fraction of sp³-hybridized carbons (Fsp3) is 0.263. The highest BCUT2D eigenvalue weighted by Gasteiger charge is 2.44. The van der Waals surface area contributed by atoms with Crippen molar-refractivity contribution in [3.63, 3.8) is 0 Å². The molecule has 0 radical (unpaired) electrons. The fourth-order valence-electron chi connectivity index (χ4n) is 8.75. The topological polar surface area (TPSA) is 33.1 Å². The molecule has 3 heterocycles. The smallest absolute Gasteiger partial charge is 0.457 e. The summed E-state index contributed by atoms with van der Waals surface area (Å²) in [6, 6.07) is 56.1. The first-order valence-corrected chi connectivity index (χ1v) is 21.9. The van der Waals surface area contributed by atoms with Crippen molar-refractivity contribution in [3.05, 3.63) is 180 Å². The first-order chi connectivity index (χ1) is 29.4. The summed E-state index contributed by atoms with van der Waals surface area (Å²) in [7, 11) is 0. The van der Waals surface area contributed by atoms with E-state index in [1.165, 1.54) is 33.2 Å². The van der Waals surface area contributed by atoms with Gasteiger partial charge in [0.2, 0.25) is 11.4 Å². The second-order valence-electron chi connectivity index (χ2n) is 20.5. The first-order valence-electron chi connectivity index (χ1n) is 21.9. The van der Waals surface area contributed by atoms with Crippen LogP contribution in [0.25, 0.3) is 27.6 Å². The Balaban J connectivity index is 1.19. The fourth-order valence-corrected chi connectivity index (χ4v) is 8.75. The van der Waals surface area contributed by atoms with Gasteiger partial charge in [-0.1, -0.05) is 149 Å². The summed E-state index contributed by atoms with van der Waals surface area (Å²) in [4.78, 5) is 4.89. The summed E-state index contributed by atoms with van der Waals surface area (Å²) in [6.45, 7) is 25.1. The predicted octanol–water partition coefficient (Wildman–Crippen LogP) is 15.0. The summed E-state index contributed by atoms with van der Waals surface area (Å²) < 4.78 is 13.5. The monoisotopic (exact) mass is 814 g/mol. The maximum Gasteiger partial charge on any atom is 0.503 e. The number of hydrogen-bond donors (Lipinski definition) is 0. The Morgan fingerprint density at radius 2 is 1.13 bits per heavy atom. The van der Waals surface area contributed by atoms with Gasteiger partial charge in [0.25, 0.3) is 5.69 Å². The van der Waals surface area contributed by atoms with Crippen LogP contribution >= 0.6 is 0 Å². The van der Waals surface area contributed by atoms with Gasteiger partial charge in [-0.2, -0.15) is 0 Å². The second kappa shape index (κ2) is 14.8. The summed E-state index contributed by atoms with van der Waals surface area (Å²) in [6.07, 6.45) is 1.92. The van der Waals surface area contributed by atoms with Crippen LogP contribution in [0.15, 0.2) is 152 Å². The van der Waals surface area contributed by atoms with Gasteiger partial charge >= 0.3 is 11.7 Å². The molecule has 9 rings (SSSR count). The Morgan fingerprint density at radius 1 is 0.484 bits per heavy atom. The van der Waals surface area contributed by atoms with Crippen LogP contribution in [0, 0.1) is 0 Å². The minimum Gasteiger partial charge on any atom is -0.457 e. The van der Waals surface area contributed by atoms with E-state index < -0.39 is 0 Å². The van der Waals surface area contributed by atoms with Crippen LogP contribution < -0.4 is 13.9 Å². The molecule has 0 fully saturated rings. The molecular weight excluding hydrogens is 757 g/mol. The summed E-state index contributed by atoms with van der Waals surface area (Å²) in [5.41, 5.74) is 12.3. The Morgan fingerprint density at radius 3 is 1.84 bits per heavy atom. The van der Waals surface area contributed by atoms with Crippen molar-refractivity contribution >= 4 is 50.6 Å². The van der Waals surface area contributed by atoms with Crippen molar-refractivity contribution < 1.29 is 4.74 Å². The van der Waals surface area contributed by atoms with Gasteiger partial charge in [0, 0.05) is 58.3 Å². The molecule has 0 amide bonds. The number of aromatic nitrogens is 2. The van der Waals surface area contributed by atoms with E-state index in [4.69, 9.17) is 9.72 Å². The third kappa shape index (κ3) is 7.35. The zero-order valence-corrected chi connectivity index (χ0v) is 38.1. The van der Waals surface area contributed by atoms with Crippen molar-refractivity contribution in [1.29, 1.82) is 0 Å². The molecule has 62 heavy (non-hydrogen) atoms. The molecule has 0 atom stereocenters. The minimum atomic E-state index is -0.299. The molecule has 6 aromatic carbocycles. The molecule has 0 unspecified atom stereocenters. The van der Waals surface area contributed by atoms with E-state index in [1.807, 2.05) is 12.3 Å². The Labute approximate surface area is 367 Å². The lowest BCUT2D eigenvalue weighted by atomic mass is 9.77. The zero-order valence-electron chi connectivity index (χ0n) is 38.1. The SMILES string of the molecule is CC(C)(C)c1cc([N+]2=C=[N+](c3cccc(Oc4ccc5c6ccccc6n(-c6cc(C(C)(C)C)ccn6)c5c4)c3)c3cccc(C(C)(C)c4ccccc4)c32)cc(C(C)(C)C)c1. The maximum atomic E-state index is 6.79. The zero-order chi connectivity index (χ0) is 43.8. The van der Waals surface area contributed by atoms with E-state index in [2.05, 4.69) is 235 Å². The molecule has 8 aromatic rings. The van der Waals surface area contributed by atoms with Crippen molar-refractivity contribution in [2.45, 2.75) is 97.8 Å².